The van der Waals surface area contributed by atoms with E-state index in [0.29, 0.717) is 11.7 Å². The van der Waals surface area contributed by atoms with Gasteiger partial charge in [-0.25, -0.2) is 0 Å². The van der Waals surface area contributed by atoms with Crippen LogP contribution >= 0.6 is 15.9 Å². The van der Waals surface area contributed by atoms with Crippen LogP contribution in [0.1, 0.15) is 29.6 Å². The molecule has 0 aliphatic carbocycles. The first kappa shape index (κ1) is 14.3. The van der Waals surface area contributed by atoms with Crippen LogP contribution < -0.4 is 10.6 Å². The van der Waals surface area contributed by atoms with Crippen molar-refractivity contribution in [2.75, 3.05) is 25.5 Å². The average Bonchev–Trinajstić information content (AvgIpc) is 2.92. The molecular weight excluding hydrogens is 308 g/mol. The molecule has 104 valence electrons. The van der Waals surface area contributed by atoms with Crippen molar-refractivity contribution in [1.29, 1.82) is 0 Å². The van der Waals surface area contributed by atoms with Crippen molar-refractivity contribution < 1.29 is 9.53 Å². The van der Waals surface area contributed by atoms with Gasteiger partial charge in [0.2, 0.25) is 0 Å². The molecule has 0 aromatic heterocycles. The van der Waals surface area contributed by atoms with Crippen LogP contribution in [0.3, 0.4) is 0 Å². The SMILES string of the molecule is CNC(=O)c1cc(Br)ccc1NCC[C@@H]1CCCO1. The quantitative estimate of drug-likeness (QED) is 0.874. The first-order chi connectivity index (χ1) is 9.20. The Morgan fingerprint density at radius 1 is 1.53 bits per heavy atom. The number of carbonyl (C=O) groups is 1. The highest BCUT2D eigenvalue weighted by Crippen LogP contribution is 2.22. The normalized spacial score (nSPS) is 18.3. The molecule has 1 heterocycles. The maximum Gasteiger partial charge on any atom is 0.253 e. The van der Waals surface area contributed by atoms with Gasteiger partial charge in [0.25, 0.3) is 5.91 Å². The van der Waals surface area contributed by atoms with Gasteiger partial charge >= 0.3 is 0 Å². The molecule has 1 aliphatic rings. The molecule has 0 bridgehead atoms. The summed E-state index contributed by atoms with van der Waals surface area (Å²) in [6.45, 7) is 1.70. The Bertz CT molecular complexity index is 445. The van der Waals surface area contributed by atoms with Gasteiger partial charge in [0.15, 0.2) is 0 Å². The second-order valence-corrected chi connectivity index (χ2v) is 5.54. The smallest absolute Gasteiger partial charge is 0.253 e. The number of nitrogens with one attached hydrogen (secondary N) is 2. The molecule has 1 aliphatic heterocycles. The number of halogens is 1. The van der Waals surface area contributed by atoms with E-state index >= 15 is 0 Å². The van der Waals surface area contributed by atoms with Crippen molar-refractivity contribution in [3.63, 3.8) is 0 Å². The predicted octanol–water partition coefficient (Wildman–Crippen LogP) is 2.79. The Kier molecular flexibility index (Phi) is 5.22. The molecular formula is C14H19BrN2O2. The summed E-state index contributed by atoms with van der Waals surface area (Å²) in [5.41, 5.74) is 1.52. The third-order valence-corrected chi connectivity index (χ3v) is 3.75. The molecule has 1 atom stereocenters. The predicted molar refractivity (Wildman–Crippen MR) is 79.6 cm³/mol. The first-order valence-corrected chi connectivity index (χ1v) is 7.37. The number of anilines is 1. The van der Waals surface area contributed by atoms with Gasteiger partial charge in [-0.05, 0) is 37.5 Å². The van der Waals surface area contributed by atoms with E-state index in [1.807, 2.05) is 18.2 Å². The van der Waals surface area contributed by atoms with Gasteiger partial charge in [-0.3, -0.25) is 4.79 Å². The molecule has 1 aromatic carbocycles. The van der Waals surface area contributed by atoms with Crippen LogP contribution in [0.25, 0.3) is 0 Å². The topological polar surface area (TPSA) is 50.4 Å². The molecule has 0 unspecified atom stereocenters. The number of hydrogen-bond acceptors (Lipinski definition) is 3. The highest BCUT2D eigenvalue weighted by Gasteiger charge is 2.15. The summed E-state index contributed by atoms with van der Waals surface area (Å²) >= 11 is 3.39. The van der Waals surface area contributed by atoms with Gasteiger partial charge in [-0.2, -0.15) is 0 Å². The van der Waals surface area contributed by atoms with E-state index in [1.165, 1.54) is 0 Å². The van der Waals surface area contributed by atoms with E-state index in [-0.39, 0.29) is 5.91 Å². The Balaban J connectivity index is 1.96. The molecule has 1 amide bonds. The van der Waals surface area contributed by atoms with Gasteiger partial charge in [-0.15, -0.1) is 0 Å². The van der Waals surface area contributed by atoms with Crippen LogP contribution in [-0.2, 0) is 4.74 Å². The van der Waals surface area contributed by atoms with Crippen LogP contribution in [-0.4, -0.2) is 32.2 Å². The number of benzene rings is 1. The second-order valence-electron chi connectivity index (χ2n) is 4.62. The van der Waals surface area contributed by atoms with E-state index in [0.717, 1.165) is 42.6 Å². The summed E-state index contributed by atoms with van der Waals surface area (Å²) in [5.74, 6) is -0.0825. The third-order valence-electron chi connectivity index (χ3n) is 3.26. The fourth-order valence-electron chi connectivity index (χ4n) is 2.23. The minimum atomic E-state index is -0.0825. The fraction of sp³-hybridized carbons (Fsp3) is 0.500. The van der Waals surface area contributed by atoms with Gasteiger partial charge < -0.3 is 15.4 Å². The second kappa shape index (κ2) is 6.91. The molecule has 0 spiro atoms. The highest BCUT2D eigenvalue weighted by molar-refractivity contribution is 9.10. The van der Waals surface area contributed by atoms with Crippen molar-refractivity contribution in [3.05, 3.63) is 28.2 Å². The average molecular weight is 327 g/mol. The Morgan fingerprint density at radius 2 is 2.37 bits per heavy atom. The standard InChI is InChI=1S/C14H19BrN2O2/c1-16-14(18)12-9-10(15)4-5-13(12)17-7-6-11-3-2-8-19-11/h4-5,9,11,17H,2-3,6-8H2,1H3,(H,16,18)/t11-/m0/s1. The van der Waals surface area contributed by atoms with Crippen molar-refractivity contribution in [2.45, 2.75) is 25.4 Å². The van der Waals surface area contributed by atoms with E-state index < -0.39 is 0 Å². The van der Waals surface area contributed by atoms with E-state index in [9.17, 15) is 4.79 Å². The Hall–Kier alpha value is -1.07. The van der Waals surface area contributed by atoms with Gasteiger partial charge in [0.05, 0.1) is 11.7 Å². The van der Waals surface area contributed by atoms with Crippen LogP contribution in [0.4, 0.5) is 5.69 Å². The van der Waals surface area contributed by atoms with Crippen LogP contribution in [0.15, 0.2) is 22.7 Å². The Morgan fingerprint density at radius 3 is 3.05 bits per heavy atom. The lowest BCUT2D eigenvalue weighted by Gasteiger charge is -2.14. The van der Waals surface area contributed by atoms with Crippen LogP contribution in [0.2, 0.25) is 0 Å². The van der Waals surface area contributed by atoms with Gasteiger partial charge in [-0.1, -0.05) is 15.9 Å². The van der Waals surface area contributed by atoms with Gasteiger partial charge in [0.1, 0.15) is 0 Å². The van der Waals surface area contributed by atoms with E-state index in [1.54, 1.807) is 7.05 Å². The summed E-state index contributed by atoms with van der Waals surface area (Å²) in [5, 5.41) is 5.98. The van der Waals surface area contributed by atoms with Crippen LogP contribution in [0.5, 0.6) is 0 Å². The van der Waals surface area contributed by atoms with E-state index in [4.69, 9.17) is 4.74 Å². The van der Waals surface area contributed by atoms with Crippen LogP contribution in [0, 0.1) is 0 Å². The molecule has 2 rings (SSSR count). The van der Waals surface area contributed by atoms with Crippen molar-refractivity contribution >= 4 is 27.5 Å². The monoisotopic (exact) mass is 326 g/mol. The molecule has 1 fully saturated rings. The summed E-state index contributed by atoms with van der Waals surface area (Å²) in [4.78, 5) is 11.8. The fourth-order valence-corrected chi connectivity index (χ4v) is 2.59. The lowest BCUT2D eigenvalue weighted by atomic mass is 10.1. The number of ether oxygens (including phenoxy) is 1. The minimum absolute atomic E-state index is 0.0825. The highest BCUT2D eigenvalue weighted by atomic mass is 79.9. The summed E-state index contributed by atoms with van der Waals surface area (Å²) in [6.07, 6.45) is 3.64. The summed E-state index contributed by atoms with van der Waals surface area (Å²) < 4.78 is 6.48. The van der Waals surface area contributed by atoms with E-state index in [2.05, 4.69) is 26.6 Å². The zero-order valence-corrected chi connectivity index (χ0v) is 12.6. The zero-order chi connectivity index (χ0) is 13.7. The third kappa shape index (κ3) is 3.94. The number of hydrogen-bond donors (Lipinski definition) is 2. The molecule has 4 nitrogen and oxygen atoms in total. The number of amides is 1. The maximum atomic E-state index is 11.8. The lowest BCUT2D eigenvalue weighted by Crippen LogP contribution is -2.20. The molecule has 19 heavy (non-hydrogen) atoms. The molecule has 5 heteroatoms. The molecule has 0 radical (unpaired) electrons. The molecule has 1 saturated heterocycles. The van der Waals surface area contributed by atoms with Crippen molar-refractivity contribution in [2.24, 2.45) is 0 Å². The number of rotatable bonds is 5. The molecule has 0 saturated carbocycles. The minimum Gasteiger partial charge on any atom is -0.384 e. The lowest BCUT2D eigenvalue weighted by molar-refractivity contribution is 0.0964. The van der Waals surface area contributed by atoms with Gasteiger partial charge in [0, 0.05) is 30.4 Å². The molecule has 2 N–H and O–H groups in total. The van der Waals surface area contributed by atoms with Crippen molar-refractivity contribution in [1.82, 2.24) is 5.32 Å². The largest absolute Gasteiger partial charge is 0.384 e. The van der Waals surface area contributed by atoms with Crippen molar-refractivity contribution in [3.8, 4) is 0 Å². The zero-order valence-electron chi connectivity index (χ0n) is 11.0. The summed E-state index contributed by atoms with van der Waals surface area (Å²) in [7, 11) is 1.64. The maximum absolute atomic E-state index is 11.8. The Labute approximate surface area is 122 Å². The summed E-state index contributed by atoms with van der Waals surface area (Å²) in [6, 6.07) is 5.68. The molecule has 1 aromatic rings. The number of carbonyl (C=O) groups excluding carboxylic acids is 1. The first-order valence-electron chi connectivity index (χ1n) is 6.58.